The lowest BCUT2D eigenvalue weighted by atomic mass is 10.2. The number of aromatic nitrogens is 2. The Labute approximate surface area is 148 Å². The van der Waals surface area contributed by atoms with E-state index in [1.165, 1.54) is 0 Å². The molecule has 0 aliphatic heterocycles. The predicted octanol–water partition coefficient (Wildman–Crippen LogP) is 5.13. The van der Waals surface area contributed by atoms with E-state index in [2.05, 4.69) is 15.3 Å². The predicted molar refractivity (Wildman–Crippen MR) is 92.3 cm³/mol. The standard InChI is InChI=1S/C19H16F3N3O/c1-13-6-5-9-15(10-13)24-17-16(19(20,21)22)11-23-18(25-17)26-12-14-7-3-2-4-8-14/h2-11H,12H2,1H3,(H,23,24,25). The number of ether oxygens (including phenoxy) is 1. The van der Waals surface area contributed by atoms with E-state index in [1.807, 2.05) is 43.3 Å². The van der Waals surface area contributed by atoms with Crippen LogP contribution in [-0.2, 0) is 12.8 Å². The Morgan fingerprint density at radius 1 is 1.04 bits per heavy atom. The first-order chi connectivity index (χ1) is 12.4. The SMILES string of the molecule is Cc1cccc(Nc2nc(OCc3ccccc3)ncc2C(F)(F)F)c1. The van der Waals surface area contributed by atoms with Gasteiger partial charge >= 0.3 is 12.2 Å². The van der Waals surface area contributed by atoms with Crippen molar-refractivity contribution in [1.82, 2.24) is 9.97 Å². The van der Waals surface area contributed by atoms with Gasteiger partial charge < -0.3 is 10.1 Å². The molecule has 26 heavy (non-hydrogen) atoms. The van der Waals surface area contributed by atoms with E-state index in [4.69, 9.17) is 4.74 Å². The van der Waals surface area contributed by atoms with E-state index in [0.717, 1.165) is 17.3 Å². The maximum absolute atomic E-state index is 13.3. The highest BCUT2D eigenvalue weighted by molar-refractivity contribution is 5.60. The molecule has 3 aromatic rings. The maximum Gasteiger partial charge on any atom is 0.421 e. The van der Waals surface area contributed by atoms with Crippen molar-refractivity contribution in [3.63, 3.8) is 0 Å². The third-order valence-electron chi connectivity index (χ3n) is 3.56. The van der Waals surface area contributed by atoms with Crippen molar-refractivity contribution >= 4 is 11.5 Å². The fourth-order valence-electron chi connectivity index (χ4n) is 2.32. The largest absolute Gasteiger partial charge is 0.459 e. The fraction of sp³-hybridized carbons (Fsp3) is 0.158. The van der Waals surface area contributed by atoms with Crippen LogP contribution in [-0.4, -0.2) is 9.97 Å². The number of hydrogen-bond donors (Lipinski definition) is 1. The Bertz CT molecular complexity index is 883. The molecule has 0 fully saturated rings. The van der Waals surface area contributed by atoms with E-state index in [-0.39, 0.29) is 18.4 Å². The minimum atomic E-state index is -4.58. The molecule has 4 nitrogen and oxygen atoms in total. The summed E-state index contributed by atoms with van der Waals surface area (Å²) in [4.78, 5) is 7.60. The van der Waals surface area contributed by atoms with Crippen LogP contribution in [0.5, 0.6) is 6.01 Å². The number of anilines is 2. The number of nitrogens with zero attached hydrogens (tertiary/aromatic N) is 2. The average molecular weight is 359 g/mol. The lowest BCUT2D eigenvalue weighted by molar-refractivity contribution is -0.137. The Morgan fingerprint density at radius 3 is 2.50 bits per heavy atom. The third kappa shape index (κ3) is 4.50. The van der Waals surface area contributed by atoms with Gasteiger partial charge in [0.25, 0.3) is 0 Å². The Morgan fingerprint density at radius 2 is 1.81 bits per heavy atom. The molecule has 0 aliphatic rings. The summed E-state index contributed by atoms with van der Waals surface area (Å²) < 4.78 is 45.2. The number of halogens is 3. The number of hydrogen-bond acceptors (Lipinski definition) is 4. The molecule has 0 radical (unpaired) electrons. The first-order valence-electron chi connectivity index (χ1n) is 7.86. The van der Waals surface area contributed by atoms with Gasteiger partial charge in [-0.25, -0.2) is 4.98 Å². The lowest BCUT2D eigenvalue weighted by Gasteiger charge is -2.14. The van der Waals surface area contributed by atoms with Crippen LogP contribution in [0, 0.1) is 6.92 Å². The summed E-state index contributed by atoms with van der Waals surface area (Å²) in [6.07, 6.45) is -3.85. The highest BCUT2D eigenvalue weighted by Gasteiger charge is 2.35. The number of benzene rings is 2. The van der Waals surface area contributed by atoms with Crippen molar-refractivity contribution in [1.29, 1.82) is 0 Å². The van der Waals surface area contributed by atoms with Crippen molar-refractivity contribution < 1.29 is 17.9 Å². The zero-order valence-electron chi connectivity index (χ0n) is 13.9. The van der Waals surface area contributed by atoms with Gasteiger partial charge in [0.1, 0.15) is 18.0 Å². The number of rotatable bonds is 5. The summed E-state index contributed by atoms with van der Waals surface area (Å²) in [6.45, 7) is 2.01. The summed E-state index contributed by atoms with van der Waals surface area (Å²) >= 11 is 0. The molecule has 0 aliphatic carbocycles. The molecule has 1 N–H and O–H groups in total. The van der Waals surface area contributed by atoms with E-state index < -0.39 is 11.7 Å². The fourth-order valence-corrected chi connectivity index (χ4v) is 2.32. The van der Waals surface area contributed by atoms with Crippen LogP contribution >= 0.6 is 0 Å². The van der Waals surface area contributed by atoms with Crippen molar-refractivity contribution in [3.05, 3.63) is 77.5 Å². The first-order valence-corrected chi connectivity index (χ1v) is 7.86. The molecule has 0 amide bonds. The van der Waals surface area contributed by atoms with Gasteiger partial charge in [-0.1, -0.05) is 42.5 Å². The van der Waals surface area contributed by atoms with Crippen molar-refractivity contribution in [2.45, 2.75) is 19.7 Å². The van der Waals surface area contributed by atoms with Crippen molar-refractivity contribution in [2.75, 3.05) is 5.32 Å². The summed E-state index contributed by atoms with van der Waals surface area (Å²) in [5.41, 5.74) is 1.33. The molecule has 0 saturated carbocycles. The van der Waals surface area contributed by atoms with Gasteiger partial charge in [-0.2, -0.15) is 18.2 Å². The highest BCUT2D eigenvalue weighted by Crippen LogP contribution is 2.35. The molecule has 0 atom stereocenters. The third-order valence-corrected chi connectivity index (χ3v) is 3.56. The van der Waals surface area contributed by atoms with Crippen LogP contribution in [0.4, 0.5) is 24.7 Å². The molecule has 0 unspecified atom stereocenters. The second-order valence-electron chi connectivity index (χ2n) is 5.68. The number of nitrogens with one attached hydrogen (secondary N) is 1. The van der Waals surface area contributed by atoms with Crippen LogP contribution in [0.3, 0.4) is 0 Å². The van der Waals surface area contributed by atoms with Gasteiger partial charge in [0.05, 0.1) is 0 Å². The molecule has 3 rings (SSSR count). The zero-order chi connectivity index (χ0) is 18.6. The normalized spacial score (nSPS) is 11.2. The molecule has 1 aromatic heterocycles. The summed E-state index contributed by atoms with van der Waals surface area (Å²) in [6, 6.07) is 16.1. The number of aryl methyl sites for hydroxylation is 1. The number of alkyl halides is 3. The monoisotopic (exact) mass is 359 g/mol. The summed E-state index contributed by atoms with van der Waals surface area (Å²) in [7, 11) is 0. The van der Waals surface area contributed by atoms with E-state index >= 15 is 0 Å². The Balaban J connectivity index is 1.86. The molecule has 7 heteroatoms. The first kappa shape index (κ1) is 17.7. The molecule has 1 heterocycles. The topological polar surface area (TPSA) is 47.0 Å². The Kier molecular flexibility index (Phi) is 5.06. The van der Waals surface area contributed by atoms with E-state index in [0.29, 0.717) is 5.69 Å². The molecule has 134 valence electrons. The lowest BCUT2D eigenvalue weighted by Crippen LogP contribution is -2.12. The Hall–Kier alpha value is -3.09. The van der Waals surface area contributed by atoms with Gasteiger partial charge in [0, 0.05) is 11.9 Å². The van der Waals surface area contributed by atoms with Gasteiger partial charge in [-0.15, -0.1) is 0 Å². The maximum atomic E-state index is 13.3. The summed E-state index contributed by atoms with van der Waals surface area (Å²) in [5.74, 6) is -0.346. The minimum absolute atomic E-state index is 0.128. The van der Waals surface area contributed by atoms with E-state index in [1.54, 1.807) is 18.2 Å². The smallest absolute Gasteiger partial charge is 0.421 e. The second kappa shape index (κ2) is 7.43. The quantitative estimate of drug-likeness (QED) is 0.686. The van der Waals surface area contributed by atoms with Gasteiger partial charge in [-0.3, -0.25) is 0 Å². The van der Waals surface area contributed by atoms with Gasteiger partial charge in [0.2, 0.25) is 0 Å². The van der Waals surface area contributed by atoms with Crippen LogP contribution < -0.4 is 10.1 Å². The molecule has 0 bridgehead atoms. The van der Waals surface area contributed by atoms with Crippen molar-refractivity contribution in [3.8, 4) is 6.01 Å². The van der Waals surface area contributed by atoms with Gasteiger partial charge in [-0.05, 0) is 30.2 Å². The molecular weight excluding hydrogens is 343 g/mol. The minimum Gasteiger partial charge on any atom is -0.459 e. The molecule has 2 aromatic carbocycles. The van der Waals surface area contributed by atoms with Crippen LogP contribution in [0.15, 0.2) is 60.8 Å². The second-order valence-corrected chi connectivity index (χ2v) is 5.68. The van der Waals surface area contributed by atoms with Crippen LogP contribution in [0.25, 0.3) is 0 Å². The average Bonchev–Trinajstić information content (AvgIpc) is 2.60. The summed E-state index contributed by atoms with van der Waals surface area (Å²) in [5, 5.41) is 2.71. The van der Waals surface area contributed by atoms with Crippen LogP contribution in [0.1, 0.15) is 16.7 Å². The molecule has 0 saturated heterocycles. The zero-order valence-corrected chi connectivity index (χ0v) is 13.9. The van der Waals surface area contributed by atoms with Crippen molar-refractivity contribution in [2.24, 2.45) is 0 Å². The molecular formula is C19H16F3N3O. The van der Waals surface area contributed by atoms with Gasteiger partial charge in [0.15, 0.2) is 0 Å². The van der Waals surface area contributed by atoms with Crippen LogP contribution in [0.2, 0.25) is 0 Å². The van der Waals surface area contributed by atoms with E-state index in [9.17, 15) is 13.2 Å². The molecule has 0 spiro atoms. The highest BCUT2D eigenvalue weighted by atomic mass is 19.4.